The lowest BCUT2D eigenvalue weighted by Crippen LogP contribution is -2.62. The number of piperazine rings is 1. The molecule has 1 aromatic carbocycles. The second kappa shape index (κ2) is 10.9. The fourth-order valence-electron chi connectivity index (χ4n) is 6.17. The van der Waals surface area contributed by atoms with E-state index in [1.54, 1.807) is 13.4 Å². The van der Waals surface area contributed by atoms with Crippen LogP contribution in [0.25, 0.3) is 11.4 Å². The highest BCUT2D eigenvalue weighted by Gasteiger charge is 2.42. The summed E-state index contributed by atoms with van der Waals surface area (Å²) in [5.74, 6) is 2.22. The molecule has 2 aromatic rings. The third-order valence-electron chi connectivity index (χ3n) is 8.64. The molecule has 0 aliphatic carbocycles. The summed E-state index contributed by atoms with van der Waals surface area (Å²) >= 11 is 0. The van der Waals surface area contributed by atoms with Gasteiger partial charge in [0, 0.05) is 44.4 Å². The monoisotopic (exact) mass is 507 g/mol. The van der Waals surface area contributed by atoms with Crippen molar-refractivity contribution in [3.05, 3.63) is 36.2 Å². The Morgan fingerprint density at radius 3 is 2.57 bits per heavy atom. The number of aromatic nitrogens is 3. The summed E-state index contributed by atoms with van der Waals surface area (Å²) in [6.07, 6.45) is 4.97. The minimum atomic E-state index is -0.130. The molecule has 9 nitrogen and oxygen atoms in total. The van der Waals surface area contributed by atoms with Gasteiger partial charge in [0.2, 0.25) is 5.95 Å². The molecule has 2 bridgehead atoms. The molecule has 200 valence electrons. The van der Waals surface area contributed by atoms with Crippen LogP contribution in [-0.2, 0) is 11.3 Å². The van der Waals surface area contributed by atoms with Gasteiger partial charge in [0.05, 0.1) is 12.6 Å². The Kier molecular flexibility index (Phi) is 7.62. The van der Waals surface area contributed by atoms with Crippen LogP contribution in [0.5, 0.6) is 0 Å². The summed E-state index contributed by atoms with van der Waals surface area (Å²) in [6.45, 7) is 12.6. The average molecular weight is 508 g/mol. The fraction of sp³-hybridized carbons (Fsp3) is 0.643. The van der Waals surface area contributed by atoms with E-state index < -0.39 is 0 Å². The topological polar surface area (TPSA) is 86.7 Å². The molecular formula is C28H41N7O2. The zero-order valence-electron chi connectivity index (χ0n) is 22.7. The van der Waals surface area contributed by atoms with Crippen molar-refractivity contribution in [2.45, 2.75) is 58.2 Å². The molecule has 2 atom stereocenters. The molecule has 6 rings (SSSR count). The summed E-state index contributed by atoms with van der Waals surface area (Å²) in [6, 6.07) is 8.31. The van der Waals surface area contributed by atoms with Crippen LogP contribution in [-0.4, -0.2) is 88.7 Å². The molecule has 0 saturated carbocycles. The number of rotatable bonds is 6. The van der Waals surface area contributed by atoms with Crippen molar-refractivity contribution in [2.75, 3.05) is 51.3 Å². The second-order valence-electron chi connectivity index (χ2n) is 11.4. The molecule has 37 heavy (non-hydrogen) atoms. The van der Waals surface area contributed by atoms with Crippen molar-refractivity contribution in [1.82, 2.24) is 30.1 Å². The number of fused-ring (bicyclic) bond motifs is 4. The van der Waals surface area contributed by atoms with E-state index >= 15 is 0 Å². The SMILES string of the molecule is COCc1ccc(-c2ncnc(N3CCN(C(=O)NC4(C)CCN5CCC4CC5)CC3C(C)C)n2)cc1. The van der Waals surface area contributed by atoms with Gasteiger partial charge in [0.15, 0.2) is 5.82 Å². The molecule has 4 aliphatic rings. The van der Waals surface area contributed by atoms with Crippen molar-refractivity contribution < 1.29 is 9.53 Å². The summed E-state index contributed by atoms with van der Waals surface area (Å²) in [7, 11) is 1.69. The number of hydrogen-bond acceptors (Lipinski definition) is 7. The summed E-state index contributed by atoms with van der Waals surface area (Å²) in [4.78, 5) is 34.1. The van der Waals surface area contributed by atoms with Gasteiger partial charge < -0.3 is 24.8 Å². The molecular weight excluding hydrogens is 466 g/mol. The lowest BCUT2D eigenvalue weighted by atomic mass is 9.79. The van der Waals surface area contributed by atoms with E-state index in [9.17, 15) is 4.79 Å². The van der Waals surface area contributed by atoms with Crippen molar-refractivity contribution in [1.29, 1.82) is 0 Å². The van der Waals surface area contributed by atoms with Crippen molar-refractivity contribution >= 4 is 12.0 Å². The molecule has 1 aromatic heterocycles. The predicted molar refractivity (Wildman–Crippen MR) is 144 cm³/mol. The second-order valence-corrected chi connectivity index (χ2v) is 11.4. The van der Waals surface area contributed by atoms with Crippen LogP contribution in [0, 0.1) is 11.8 Å². The van der Waals surface area contributed by atoms with Gasteiger partial charge in [0.1, 0.15) is 6.33 Å². The van der Waals surface area contributed by atoms with Gasteiger partial charge in [-0.05, 0) is 56.7 Å². The maximum Gasteiger partial charge on any atom is 0.317 e. The van der Waals surface area contributed by atoms with E-state index in [0.29, 0.717) is 49.8 Å². The van der Waals surface area contributed by atoms with E-state index in [0.717, 1.165) is 37.2 Å². The lowest BCUT2D eigenvalue weighted by molar-refractivity contribution is 0.144. The largest absolute Gasteiger partial charge is 0.380 e. The van der Waals surface area contributed by atoms with Gasteiger partial charge in [-0.1, -0.05) is 38.1 Å². The van der Waals surface area contributed by atoms with Gasteiger partial charge in [-0.3, -0.25) is 0 Å². The van der Waals surface area contributed by atoms with Gasteiger partial charge in [-0.15, -0.1) is 0 Å². The summed E-state index contributed by atoms with van der Waals surface area (Å²) in [5.41, 5.74) is 1.93. The molecule has 0 radical (unpaired) electrons. The average Bonchev–Trinajstić information content (AvgIpc) is 3.17. The number of urea groups is 1. The van der Waals surface area contributed by atoms with Crippen LogP contribution in [0.4, 0.5) is 10.7 Å². The Hall–Kier alpha value is -2.78. The highest BCUT2D eigenvalue weighted by Crippen LogP contribution is 2.35. The van der Waals surface area contributed by atoms with Crippen LogP contribution in [0.2, 0.25) is 0 Å². The van der Waals surface area contributed by atoms with Crippen LogP contribution < -0.4 is 10.2 Å². The number of nitrogens with one attached hydrogen (secondary N) is 1. The standard InChI is InChI=1S/C28H41N7O2/c1-20(2)24-17-34(27(36)32-28(3)11-14-33-12-9-23(28)10-13-33)15-16-35(24)26-30-19-29-25(31-26)22-7-5-21(6-8-22)18-37-4/h5-8,19-20,23-24H,9-18H2,1-4H3,(H,32,36). The first-order chi connectivity index (χ1) is 17.9. The van der Waals surface area contributed by atoms with E-state index in [4.69, 9.17) is 9.72 Å². The van der Waals surface area contributed by atoms with Crippen LogP contribution in [0.3, 0.4) is 0 Å². The van der Waals surface area contributed by atoms with Crippen LogP contribution in [0.15, 0.2) is 30.6 Å². The number of methoxy groups -OCH3 is 1. The normalized spacial score (nSPS) is 27.9. The minimum absolute atomic E-state index is 0.0700. The maximum absolute atomic E-state index is 13.5. The fourth-order valence-corrected chi connectivity index (χ4v) is 6.17. The van der Waals surface area contributed by atoms with Crippen molar-refractivity contribution in [3.63, 3.8) is 0 Å². The summed E-state index contributed by atoms with van der Waals surface area (Å²) < 4.78 is 5.22. The number of nitrogens with zero attached hydrogens (tertiary/aromatic N) is 6. The zero-order valence-corrected chi connectivity index (χ0v) is 22.7. The smallest absolute Gasteiger partial charge is 0.317 e. The van der Waals surface area contributed by atoms with E-state index in [2.05, 4.69) is 45.9 Å². The van der Waals surface area contributed by atoms with E-state index in [1.165, 1.54) is 12.8 Å². The number of amides is 2. The first kappa shape index (κ1) is 25.9. The van der Waals surface area contributed by atoms with Crippen molar-refractivity contribution in [3.8, 4) is 11.4 Å². The van der Waals surface area contributed by atoms with E-state index in [1.807, 2.05) is 29.2 Å². The van der Waals surface area contributed by atoms with Gasteiger partial charge in [-0.2, -0.15) is 4.98 Å². The van der Waals surface area contributed by atoms with Gasteiger partial charge in [0.25, 0.3) is 0 Å². The Morgan fingerprint density at radius 2 is 1.86 bits per heavy atom. The highest BCUT2D eigenvalue weighted by molar-refractivity contribution is 5.75. The molecule has 4 fully saturated rings. The van der Waals surface area contributed by atoms with E-state index in [-0.39, 0.29) is 17.6 Å². The zero-order chi connectivity index (χ0) is 26.0. The number of anilines is 1. The molecule has 2 amide bonds. The Bertz CT molecular complexity index is 1070. The van der Waals surface area contributed by atoms with Crippen LogP contribution >= 0.6 is 0 Å². The first-order valence-corrected chi connectivity index (χ1v) is 13.7. The lowest BCUT2D eigenvalue weighted by Gasteiger charge is -2.45. The summed E-state index contributed by atoms with van der Waals surface area (Å²) in [5, 5.41) is 3.48. The Morgan fingerprint density at radius 1 is 1.11 bits per heavy atom. The van der Waals surface area contributed by atoms with Gasteiger partial charge in [-0.25, -0.2) is 14.8 Å². The molecule has 4 aliphatic heterocycles. The molecule has 0 spiro atoms. The number of hydrogen-bond donors (Lipinski definition) is 1. The number of benzene rings is 1. The van der Waals surface area contributed by atoms with Crippen molar-refractivity contribution in [2.24, 2.45) is 11.8 Å². The Balaban J connectivity index is 1.28. The molecule has 9 heteroatoms. The van der Waals surface area contributed by atoms with Crippen LogP contribution in [0.1, 0.15) is 45.6 Å². The maximum atomic E-state index is 13.5. The third kappa shape index (κ3) is 5.57. The molecule has 4 saturated heterocycles. The number of ether oxygens (including phenoxy) is 1. The first-order valence-electron chi connectivity index (χ1n) is 13.7. The Labute approximate surface area is 220 Å². The molecule has 1 N–H and O–H groups in total. The number of carbonyl (C=O) groups excluding carboxylic acids is 1. The number of carbonyl (C=O) groups is 1. The minimum Gasteiger partial charge on any atom is -0.380 e. The quantitative estimate of drug-likeness (QED) is 0.641. The third-order valence-corrected chi connectivity index (χ3v) is 8.64. The predicted octanol–water partition coefficient (Wildman–Crippen LogP) is 3.42. The molecule has 2 unspecified atom stereocenters. The van der Waals surface area contributed by atoms with Gasteiger partial charge >= 0.3 is 6.03 Å². The highest BCUT2D eigenvalue weighted by atomic mass is 16.5. The number of piperidine rings is 1. The molecule has 5 heterocycles.